The van der Waals surface area contributed by atoms with E-state index in [9.17, 15) is 18.0 Å². The number of esters is 1. The van der Waals surface area contributed by atoms with Gasteiger partial charge < -0.3 is 9.30 Å². The van der Waals surface area contributed by atoms with Crippen molar-refractivity contribution in [2.45, 2.75) is 24.7 Å². The van der Waals surface area contributed by atoms with Crippen molar-refractivity contribution in [1.82, 2.24) is 8.87 Å². The first-order valence-corrected chi connectivity index (χ1v) is 13.2. The van der Waals surface area contributed by atoms with Crippen molar-refractivity contribution in [2.75, 3.05) is 19.7 Å². The zero-order chi connectivity index (χ0) is 26.3. The maximum atomic E-state index is 12.9. The topological polar surface area (TPSA) is 146 Å². The van der Waals surface area contributed by atoms with E-state index >= 15 is 0 Å². The van der Waals surface area contributed by atoms with Gasteiger partial charge in [0.1, 0.15) is 0 Å². The predicted octanol–water partition coefficient (Wildman–Crippen LogP) is 2.98. The molecule has 2 aromatic carbocycles. The summed E-state index contributed by atoms with van der Waals surface area (Å²) in [5, 5.41) is 17.6. The lowest BCUT2D eigenvalue weighted by molar-refractivity contribution is 0.0526. The number of carbonyl (C=O) groups is 2. The molecular formula is C24H23N5O5S2. The number of fused-ring (bicyclic) bond motifs is 1. The Morgan fingerprint density at radius 3 is 2.25 bits per heavy atom. The van der Waals surface area contributed by atoms with Crippen LogP contribution in [0.2, 0.25) is 0 Å². The standard InChI is InChI=1S/C24H23N5O5S2/c1-3-34-23(31)18-8-11-20-21(16-18)35-24(28(20)2)27-22(30)17-6-9-19(10-7-17)36(32,33)29(14-4-12-25)15-5-13-26/h6-11,16H,3-5,14-15H2,1-2H3. The lowest BCUT2D eigenvalue weighted by Crippen LogP contribution is -2.32. The molecule has 12 heteroatoms. The van der Waals surface area contributed by atoms with E-state index in [4.69, 9.17) is 15.3 Å². The van der Waals surface area contributed by atoms with Crippen molar-refractivity contribution < 1.29 is 22.7 Å². The molecule has 0 spiro atoms. The van der Waals surface area contributed by atoms with Crippen molar-refractivity contribution in [3.63, 3.8) is 0 Å². The summed E-state index contributed by atoms with van der Waals surface area (Å²) in [6.45, 7) is 1.93. The normalized spacial score (nSPS) is 11.9. The molecule has 0 aliphatic rings. The third-order valence-corrected chi connectivity index (χ3v) is 8.21. The number of nitrogens with zero attached hydrogens (tertiary/aromatic N) is 5. The third-order valence-electron chi connectivity index (χ3n) is 5.20. The summed E-state index contributed by atoms with van der Waals surface area (Å²) in [7, 11) is -2.19. The first-order chi connectivity index (χ1) is 17.2. The molecule has 0 bridgehead atoms. The van der Waals surface area contributed by atoms with E-state index in [1.54, 1.807) is 36.7 Å². The van der Waals surface area contributed by atoms with Gasteiger partial charge in [-0.15, -0.1) is 0 Å². The second kappa shape index (κ2) is 11.7. The molecule has 0 atom stereocenters. The quantitative estimate of drug-likeness (QED) is 0.390. The van der Waals surface area contributed by atoms with E-state index in [2.05, 4.69) is 4.99 Å². The van der Waals surface area contributed by atoms with Crippen LogP contribution in [0.25, 0.3) is 10.2 Å². The largest absolute Gasteiger partial charge is 0.462 e. The van der Waals surface area contributed by atoms with Gasteiger partial charge in [0.2, 0.25) is 10.0 Å². The Labute approximate surface area is 212 Å². The van der Waals surface area contributed by atoms with Gasteiger partial charge in [-0.2, -0.15) is 19.8 Å². The van der Waals surface area contributed by atoms with Crippen molar-refractivity contribution in [3.05, 3.63) is 58.4 Å². The molecule has 1 aromatic heterocycles. The van der Waals surface area contributed by atoms with E-state index in [0.29, 0.717) is 10.4 Å². The number of thiazole rings is 1. The zero-order valence-electron chi connectivity index (χ0n) is 19.7. The first kappa shape index (κ1) is 26.8. The summed E-state index contributed by atoms with van der Waals surface area (Å²) in [5.74, 6) is -0.989. The van der Waals surface area contributed by atoms with Crippen molar-refractivity contribution >= 4 is 43.5 Å². The lowest BCUT2D eigenvalue weighted by atomic mass is 10.2. The highest BCUT2D eigenvalue weighted by Crippen LogP contribution is 2.20. The Morgan fingerprint density at radius 2 is 1.67 bits per heavy atom. The number of nitriles is 2. The van der Waals surface area contributed by atoms with Gasteiger partial charge in [0.05, 0.1) is 39.4 Å². The fraction of sp³-hybridized carbons (Fsp3) is 0.292. The van der Waals surface area contributed by atoms with Crippen molar-refractivity contribution in [1.29, 1.82) is 10.5 Å². The molecule has 0 aliphatic carbocycles. The van der Waals surface area contributed by atoms with E-state index in [1.807, 2.05) is 12.1 Å². The third kappa shape index (κ3) is 5.86. The van der Waals surface area contributed by atoms with Crippen LogP contribution in [0.4, 0.5) is 0 Å². The number of carbonyl (C=O) groups excluding carboxylic acids is 2. The molecule has 1 amide bonds. The van der Waals surface area contributed by atoms with Crippen LogP contribution in [0.15, 0.2) is 52.4 Å². The Hall–Kier alpha value is -3.84. The first-order valence-electron chi connectivity index (χ1n) is 10.9. The number of rotatable bonds is 9. The molecule has 36 heavy (non-hydrogen) atoms. The van der Waals surface area contributed by atoms with Crippen molar-refractivity contribution in [2.24, 2.45) is 12.0 Å². The fourth-order valence-electron chi connectivity index (χ4n) is 3.35. The molecule has 0 saturated heterocycles. The zero-order valence-corrected chi connectivity index (χ0v) is 21.3. The van der Waals surface area contributed by atoms with E-state index in [-0.39, 0.29) is 43.0 Å². The number of hydrogen-bond donors (Lipinski definition) is 0. The lowest BCUT2D eigenvalue weighted by Gasteiger charge is -2.20. The van der Waals surface area contributed by atoms with Crippen LogP contribution in [-0.2, 0) is 21.8 Å². The molecule has 0 aliphatic heterocycles. The molecule has 0 radical (unpaired) electrons. The molecule has 1 heterocycles. The predicted molar refractivity (Wildman–Crippen MR) is 132 cm³/mol. The highest BCUT2D eigenvalue weighted by molar-refractivity contribution is 7.89. The average molecular weight is 526 g/mol. The van der Waals surface area contributed by atoms with Gasteiger partial charge in [-0.25, -0.2) is 13.2 Å². The molecule has 0 unspecified atom stereocenters. The van der Waals surface area contributed by atoms with Gasteiger partial charge in [-0.1, -0.05) is 11.3 Å². The van der Waals surface area contributed by atoms with Gasteiger partial charge in [0.15, 0.2) is 4.80 Å². The number of benzene rings is 2. The maximum Gasteiger partial charge on any atom is 0.338 e. The molecule has 0 fully saturated rings. The van der Waals surface area contributed by atoms with E-state index < -0.39 is 21.9 Å². The molecule has 0 saturated carbocycles. The van der Waals surface area contributed by atoms with Gasteiger partial charge in [0.25, 0.3) is 5.91 Å². The molecule has 3 rings (SSSR count). The minimum Gasteiger partial charge on any atom is -0.462 e. The number of aromatic nitrogens is 1. The van der Waals surface area contributed by atoms with Crippen LogP contribution >= 0.6 is 11.3 Å². The summed E-state index contributed by atoms with van der Waals surface area (Å²) in [6, 6.07) is 14.3. The number of aryl methyl sites for hydroxylation is 1. The monoisotopic (exact) mass is 525 g/mol. The van der Waals surface area contributed by atoms with Gasteiger partial charge in [0, 0.05) is 38.5 Å². The van der Waals surface area contributed by atoms with Gasteiger partial charge in [-0.3, -0.25) is 4.79 Å². The van der Waals surface area contributed by atoms with Crippen LogP contribution in [-0.4, -0.2) is 48.9 Å². The van der Waals surface area contributed by atoms with Crippen LogP contribution in [0.1, 0.15) is 40.5 Å². The maximum absolute atomic E-state index is 12.9. The van der Waals surface area contributed by atoms with Crippen LogP contribution < -0.4 is 4.80 Å². The Morgan fingerprint density at radius 1 is 1.06 bits per heavy atom. The van der Waals surface area contributed by atoms with Crippen LogP contribution in [0, 0.1) is 22.7 Å². The SMILES string of the molecule is CCOC(=O)c1ccc2c(c1)sc(=NC(=O)c1ccc(S(=O)(=O)N(CCC#N)CCC#N)cc1)n2C. The van der Waals surface area contributed by atoms with Crippen LogP contribution in [0.5, 0.6) is 0 Å². The highest BCUT2D eigenvalue weighted by atomic mass is 32.2. The second-order valence-corrected chi connectivity index (χ2v) is 10.5. The minimum absolute atomic E-state index is 0.00637. The minimum atomic E-state index is -3.94. The summed E-state index contributed by atoms with van der Waals surface area (Å²) < 4.78 is 34.5. The molecule has 186 valence electrons. The smallest absolute Gasteiger partial charge is 0.338 e. The number of ether oxygens (including phenoxy) is 1. The summed E-state index contributed by atoms with van der Waals surface area (Å²) in [6.07, 6.45) is -0.0127. The highest BCUT2D eigenvalue weighted by Gasteiger charge is 2.24. The summed E-state index contributed by atoms with van der Waals surface area (Å²) >= 11 is 1.24. The van der Waals surface area contributed by atoms with Gasteiger partial charge in [-0.05, 0) is 49.4 Å². The summed E-state index contributed by atoms with van der Waals surface area (Å²) in [4.78, 5) is 29.4. The Bertz CT molecular complexity index is 1520. The van der Waals surface area contributed by atoms with Crippen molar-refractivity contribution in [3.8, 4) is 12.1 Å². The number of sulfonamides is 1. The second-order valence-electron chi connectivity index (χ2n) is 7.51. The van der Waals surface area contributed by atoms with E-state index in [0.717, 1.165) is 14.5 Å². The molecule has 0 N–H and O–H groups in total. The number of amides is 1. The Kier molecular flexibility index (Phi) is 8.72. The fourth-order valence-corrected chi connectivity index (χ4v) is 5.85. The average Bonchev–Trinajstić information content (AvgIpc) is 3.18. The van der Waals surface area contributed by atoms with E-state index in [1.165, 1.54) is 35.6 Å². The molecular weight excluding hydrogens is 502 g/mol. The van der Waals surface area contributed by atoms with Crippen LogP contribution in [0.3, 0.4) is 0 Å². The number of hydrogen-bond acceptors (Lipinski definition) is 8. The Balaban J connectivity index is 1.88. The summed E-state index contributed by atoms with van der Waals surface area (Å²) in [5.41, 5.74) is 1.38. The van der Waals surface area contributed by atoms with Gasteiger partial charge >= 0.3 is 5.97 Å². The molecule has 3 aromatic rings. The molecule has 10 nitrogen and oxygen atoms in total.